The van der Waals surface area contributed by atoms with E-state index in [0.717, 1.165) is 21.9 Å². The molecule has 1 aromatic heterocycles. The fourth-order valence-electron chi connectivity index (χ4n) is 2.13. The Bertz CT molecular complexity index is 567. The Morgan fingerprint density at radius 3 is 3.17 bits per heavy atom. The van der Waals surface area contributed by atoms with Crippen molar-refractivity contribution >= 4 is 36.4 Å². The summed E-state index contributed by atoms with van der Waals surface area (Å²) >= 11 is 0.103. The molecule has 2 aromatic rings. The van der Waals surface area contributed by atoms with Crippen LogP contribution in [-0.4, -0.2) is 32.5 Å². The van der Waals surface area contributed by atoms with Crippen molar-refractivity contribution in [2.75, 3.05) is 6.61 Å². The normalized spacial score (nSPS) is 17.7. The molecule has 0 fully saturated rings. The van der Waals surface area contributed by atoms with Gasteiger partial charge in [0.2, 0.25) is 0 Å². The van der Waals surface area contributed by atoms with E-state index >= 15 is 0 Å². The number of nitrogens with zero attached hydrogens (tertiary/aromatic N) is 1. The number of esters is 1. The number of ether oxygens (including phenoxy) is 1. The van der Waals surface area contributed by atoms with E-state index in [-0.39, 0.29) is 25.7 Å². The molecule has 2 heterocycles. The van der Waals surface area contributed by atoms with Crippen LogP contribution in [0.25, 0.3) is 10.9 Å². The molecule has 1 atom stereocenters. The van der Waals surface area contributed by atoms with Crippen molar-refractivity contribution in [3.05, 3.63) is 35.9 Å². The summed E-state index contributed by atoms with van der Waals surface area (Å²) in [7, 11) is 0. The molecule has 92 valence electrons. The molecule has 0 saturated carbocycles. The Labute approximate surface area is 112 Å². The van der Waals surface area contributed by atoms with Gasteiger partial charge in [-0.25, -0.2) is 0 Å². The molecule has 3 nitrogen and oxygen atoms in total. The summed E-state index contributed by atoms with van der Waals surface area (Å²) < 4.78 is 6.21. The molecule has 1 aliphatic rings. The van der Waals surface area contributed by atoms with Gasteiger partial charge in [0.05, 0.1) is 0 Å². The van der Waals surface area contributed by atoms with Gasteiger partial charge in [-0.2, -0.15) is 0 Å². The van der Waals surface area contributed by atoms with E-state index in [1.54, 1.807) is 0 Å². The van der Waals surface area contributed by atoms with Crippen LogP contribution in [0.4, 0.5) is 0 Å². The van der Waals surface area contributed by atoms with Crippen LogP contribution in [-0.2, 0) is 16.0 Å². The van der Waals surface area contributed by atoms with E-state index in [0.29, 0.717) is 6.61 Å². The zero-order valence-electron chi connectivity index (χ0n) is 10.1. The molecule has 1 unspecified atom stereocenters. The van der Waals surface area contributed by atoms with Crippen LogP contribution in [0.3, 0.4) is 0 Å². The van der Waals surface area contributed by atoms with Crippen molar-refractivity contribution in [2.24, 2.45) is 0 Å². The monoisotopic (exact) mass is 307 g/mol. The molecule has 0 bridgehead atoms. The van der Waals surface area contributed by atoms with Crippen molar-refractivity contribution < 1.29 is 9.53 Å². The molecule has 0 aliphatic carbocycles. The van der Waals surface area contributed by atoms with E-state index in [9.17, 15) is 4.79 Å². The Kier molecular flexibility index (Phi) is 3.06. The summed E-state index contributed by atoms with van der Waals surface area (Å²) in [5, 5.41) is 1.15. The third kappa shape index (κ3) is 2.02. The molecular weight excluding hydrogens is 293 g/mol. The van der Waals surface area contributed by atoms with Gasteiger partial charge in [0.1, 0.15) is 0 Å². The van der Waals surface area contributed by atoms with Crippen LogP contribution in [0, 0.1) is 0 Å². The first-order chi connectivity index (χ1) is 8.78. The maximum atomic E-state index is 11.8. The third-order valence-corrected chi connectivity index (χ3v) is 5.53. The van der Waals surface area contributed by atoms with E-state index in [4.69, 9.17) is 4.74 Å². The Hall–Kier alpha value is -1.38. The Morgan fingerprint density at radius 2 is 2.33 bits per heavy atom. The number of fused-ring (bicyclic) bond motifs is 2. The van der Waals surface area contributed by atoms with Crippen LogP contribution < -0.4 is 4.59 Å². The van der Waals surface area contributed by atoms with Crippen molar-refractivity contribution in [2.45, 2.75) is 18.2 Å². The number of hydrogen-bond acceptors (Lipinski definition) is 3. The van der Waals surface area contributed by atoms with Gasteiger partial charge >= 0.3 is 112 Å². The average molecular weight is 306 g/mol. The second-order valence-corrected chi connectivity index (χ2v) is 6.71. The van der Waals surface area contributed by atoms with Crippen molar-refractivity contribution in [1.82, 2.24) is 4.98 Å². The molecule has 0 saturated heterocycles. The van der Waals surface area contributed by atoms with E-state index in [2.05, 4.69) is 17.1 Å². The van der Waals surface area contributed by atoms with E-state index in [1.165, 1.54) is 5.56 Å². The zero-order chi connectivity index (χ0) is 12.5. The number of para-hydroxylation sites is 1. The number of carbonyl (C=O) groups is 1. The SMILES string of the molecule is CCOC(=O)C1Cc2cc3ccccc3nc2[Se]1. The van der Waals surface area contributed by atoms with Gasteiger partial charge in [-0.1, -0.05) is 0 Å². The van der Waals surface area contributed by atoms with Gasteiger partial charge in [0.25, 0.3) is 0 Å². The summed E-state index contributed by atoms with van der Waals surface area (Å²) in [4.78, 5) is 16.5. The summed E-state index contributed by atoms with van der Waals surface area (Å²) in [5.74, 6) is -0.0699. The Morgan fingerprint density at radius 1 is 1.50 bits per heavy atom. The van der Waals surface area contributed by atoms with E-state index in [1.807, 2.05) is 25.1 Å². The number of pyridine rings is 1. The van der Waals surface area contributed by atoms with Gasteiger partial charge in [-0.05, 0) is 0 Å². The number of hydrogen-bond donors (Lipinski definition) is 0. The van der Waals surface area contributed by atoms with Crippen LogP contribution in [0.5, 0.6) is 0 Å². The van der Waals surface area contributed by atoms with Gasteiger partial charge in [0.15, 0.2) is 0 Å². The molecule has 3 rings (SSSR count). The third-order valence-electron chi connectivity index (χ3n) is 2.97. The summed E-state index contributed by atoms with van der Waals surface area (Å²) in [5.41, 5.74) is 2.23. The molecule has 0 radical (unpaired) electrons. The number of carbonyl (C=O) groups excluding carboxylic acids is 1. The average Bonchev–Trinajstić information content (AvgIpc) is 2.79. The molecule has 0 N–H and O–H groups in total. The standard InChI is InChI=1S/C14H13NO2Se/c1-2-17-14(16)12-8-10-7-9-5-3-4-6-11(9)15-13(10)18-12/h3-7,12H,2,8H2,1H3. The topological polar surface area (TPSA) is 39.2 Å². The number of benzene rings is 1. The van der Waals surface area contributed by atoms with Crippen LogP contribution >= 0.6 is 0 Å². The molecule has 4 heteroatoms. The zero-order valence-corrected chi connectivity index (χ0v) is 11.8. The van der Waals surface area contributed by atoms with Crippen molar-refractivity contribution in [1.29, 1.82) is 0 Å². The fraction of sp³-hybridized carbons (Fsp3) is 0.286. The summed E-state index contributed by atoms with van der Waals surface area (Å²) in [6, 6.07) is 10.3. The van der Waals surface area contributed by atoms with E-state index < -0.39 is 0 Å². The van der Waals surface area contributed by atoms with Gasteiger partial charge in [-0.3, -0.25) is 0 Å². The minimum atomic E-state index is -0.0699. The quantitative estimate of drug-likeness (QED) is 0.623. The van der Waals surface area contributed by atoms with Crippen molar-refractivity contribution in [3.63, 3.8) is 0 Å². The first-order valence-electron chi connectivity index (χ1n) is 6.00. The molecular formula is C14H13NO2Se. The maximum absolute atomic E-state index is 11.8. The number of rotatable bonds is 2. The molecule has 18 heavy (non-hydrogen) atoms. The minimum absolute atomic E-state index is 0.0109. The first-order valence-corrected chi connectivity index (χ1v) is 7.84. The number of aromatic nitrogens is 1. The second kappa shape index (κ2) is 4.71. The predicted octanol–water partition coefficient (Wildman–Crippen LogP) is 1.47. The Balaban J connectivity index is 1.93. The van der Waals surface area contributed by atoms with Gasteiger partial charge in [-0.15, -0.1) is 0 Å². The van der Waals surface area contributed by atoms with Crippen molar-refractivity contribution in [3.8, 4) is 0 Å². The molecule has 1 aromatic carbocycles. The summed E-state index contributed by atoms with van der Waals surface area (Å²) in [6.07, 6.45) is 0.784. The second-order valence-electron chi connectivity index (χ2n) is 4.21. The van der Waals surface area contributed by atoms with Crippen LogP contribution in [0.15, 0.2) is 30.3 Å². The predicted molar refractivity (Wildman–Crippen MR) is 71.2 cm³/mol. The first kappa shape index (κ1) is 11.7. The van der Waals surface area contributed by atoms with Gasteiger partial charge < -0.3 is 0 Å². The van der Waals surface area contributed by atoms with Crippen LogP contribution in [0.2, 0.25) is 4.82 Å². The molecule has 1 aliphatic heterocycles. The fourth-order valence-corrected chi connectivity index (χ4v) is 4.53. The van der Waals surface area contributed by atoms with Crippen LogP contribution in [0.1, 0.15) is 12.5 Å². The van der Waals surface area contributed by atoms with Gasteiger partial charge in [0, 0.05) is 0 Å². The molecule has 0 amide bonds. The summed E-state index contributed by atoms with van der Waals surface area (Å²) in [6.45, 7) is 2.30. The molecule has 0 spiro atoms.